The van der Waals surface area contributed by atoms with E-state index in [1.165, 1.54) is 0 Å². The van der Waals surface area contributed by atoms with E-state index in [4.69, 9.17) is 19.4 Å². The van der Waals surface area contributed by atoms with E-state index < -0.39 is 12.1 Å². The smallest absolute Gasteiger partial charge is 0.475 e. The van der Waals surface area contributed by atoms with Crippen LogP contribution in [0.25, 0.3) is 0 Å². The fraction of sp³-hybridized carbons (Fsp3) is 0.611. The van der Waals surface area contributed by atoms with Crippen LogP contribution >= 0.6 is 0 Å². The number of rotatable bonds is 5. The maximum absolute atomic E-state index is 11.3. The summed E-state index contributed by atoms with van der Waals surface area (Å²) >= 11 is 0. The highest BCUT2D eigenvalue weighted by Gasteiger charge is 2.53. The molecule has 2 aliphatic heterocycles. The minimum atomic E-state index is -5.08. The van der Waals surface area contributed by atoms with Gasteiger partial charge in [-0.3, -0.25) is 9.78 Å². The number of amides is 1. The van der Waals surface area contributed by atoms with Gasteiger partial charge in [0.25, 0.3) is 0 Å². The zero-order valence-corrected chi connectivity index (χ0v) is 15.4. The molecule has 1 aromatic rings. The minimum absolute atomic E-state index is 0.0972. The van der Waals surface area contributed by atoms with Crippen molar-refractivity contribution < 1.29 is 37.3 Å². The number of likely N-dealkylation sites (tertiary alicyclic amines) is 1. The second kappa shape index (κ2) is 9.33. The number of alkyl halides is 3. The van der Waals surface area contributed by atoms with Crippen LogP contribution in [-0.4, -0.2) is 64.9 Å². The van der Waals surface area contributed by atoms with Crippen molar-refractivity contribution in [3.05, 3.63) is 30.1 Å². The first-order valence-corrected chi connectivity index (χ1v) is 8.81. The number of ether oxygens (including phenoxy) is 2. The first-order valence-electron chi connectivity index (χ1n) is 8.81. The molecule has 3 heterocycles. The molecule has 28 heavy (non-hydrogen) atoms. The molecule has 0 radical (unpaired) electrons. The fourth-order valence-electron chi connectivity index (χ4n) is 3.25. The second-order valence-electron chi connectivity index (χ2n) is 6.74. The summed E-state index contributed by atoms with van der Waals surface area (Å²) < 4.78 is 43.4. The van der Waals surface area contributed by atoms with E-state index in [1.807, 2.05) is 23.1 Å². The number of carboxylic acids is 1. The zero-order chi connectivity index (χ0) is 20.8. The lowest BCUT2D eigenvalue weighted by Crippen LogP contribution is -2.65. The predicted octanol–water partition coefficient (Wildman–Crippen LogP) is 2.26. The molecule has 7 nitrogen and oxygen atoms in total. The number of hydrogen-bond acceptors (Lipinski definition) is 5. The van der Waals surface area contributed by atoms with E-state index in [0.717, 1.165) is 38.2 Å². The normalized spacial score (nSPS) is 20.3. The lowest BCUT2D eigenvalue weighted by molar-refractivity contribution is -0.192. The van der Waals surface area contributed by atoms with Gasteiger partial charge in [0.05, 0.1) is 25.4 Å². The number of nitrogens with zero attached hydrogens (tertiary/aromatic N) is 2. The van der Waals surface area contributed by atoms with Gasteiger partial charge >= 0.3 is 12.1 Å². The number of pyridine rings is 1. The van der Waals surface area contributed by atoms with Crippen molar-refractivity contribution in [2.24, 2.45) is 5.92 Å². The summed E-state index contributed by atoms with van der Waals surface area (Å²) in [6.45, 7) is 5.18. The predicted molar refractivity (Wildman–Crippen MR) is 91.2 cm³/mol. The highest BCUT2D eigenvalue weighted by molar-refractivity contribution is 5.74. The summed E-state index contributed by atoms with van der Waals surface area (Å²) in [7, 11) is 0. The van der Waals surface area contributed by atoms with Crippen molar-refractivity contribution >= 4 is 11.9 Å². The van der Waals surface area contributed by atoms with Crippen molar-refractivity contribution in [2.75, 3.05) is 26.3 Å². The summed E-state index contributed by atoms with van der Waals surface area (Å²) in [4.78, 5) is 26.3. The van der Waals surface area contributed by atoms with E-state index in [-0.39, 0.29) is 11.5 Å². The van der Waals surface area contributed by atoms with Gasteiger partial charge in [0.2, 0.25) is 5.91 Å². The Kier molecular flexibility index (Phi) is 7.36. The molecule has 1 spiro atoms. The Hall–Kier alpha value is -2.20. The van der Waals surface area contributed by atoms with Gasteiger partial charge < -0.3 is 19.5 Å². The van der Waals surface area contributed by atoms with Gasteiger partial charge in [-0.2, -0.15) is 13.2 Å². The monoisotopic (exact) mass is 404 g/mol. The number of halogens is 3. The van der Waals surface area contributed by atoms with Gasteiger partial charge in [0.15, 0.2) is 0 Å². The summed E-state index contributed by atoms with van der Waals surface area (Å²) in [5.41, 5.74) is 0.862. The summed E-state index contributed by atoms with van der Waals surface area (Å²) in [5, 5.41) is 7.12. The van der Waals surface area contributed by atoms with Crippen LogP contribution in [-0.2, 0) is 25.7 Å². The number of hydrogen-bond donors (Lipinski definition) is 1. The van der Waals surface area contributed by atoms with Crippen LogP contribution in [0.15, 0.2) is 24.4 Å². The summed E-state index contributed by atoms with van der Waals surface area (Å²) in [5.74, 6) is -2.12. The molecule has 1 N–H and O–H groups in total. The van der Waals surface area contributed by atoms with E-state index >= 15 is 0 Å². The number of carbonyl (C=O) groups excluding carboxylic acids is 1. The quantitative estimate of drug-likeness (QED) is 0.758. The topological polar surface area (TPSA) is 89.0 Å². The van der Waals surface area contributed by atoms with Gasteiger partial charge in [-0.25, -0.2) is 4.79 Å². The van der Waals surface area contributed by atoms with E-state index in [2.05, 4.69) is 4.98 Å². The van der Waals surface area contributed by atoms with Crippen LogP contribution in [0.2, 0.25) is 0 Å². The van der Waals surface area contributed by atoms with Crippen LogP contribution in [0.3, 0.4) is 0 Å². The Morgan fingerprint density at radius 3 is 2.61 bits per heavy atom. The molecule has 0 aliphatic carbocycles. The third-order valence-electron chi connectivity index (χ3n) is 4.79. The molecule has 1 amide bonds. The van der Waals surface area contributed by atoms with E-state index in [1.54, 1.807) is 13.1 Å². The first-order chi connectivity index (χ1) is 13.1. The van der Waals surface area contributed by atoms with E-state index in [0.29, 0.717) is 19.1 Å². The fourth-order valence-corrected chi connectivity index (χ4v) is 3.25. The lowest BCUT2D eigenvalue weighted by atomic mass is 9.79. The highest BCUT2D eigenvalue weighted by Crippen LogP contribution is 2.41. The van der Waals surface area contributed by atoms with Gasteiger partial charge in [0.1, 0.15) is 5.60 Å². The van der Waals surface area contributed by atoms with Crippen LogP contribution in [0.1, 0.15) is 25.5 Å². The molecule has 10 heteroatoms. The third-order valence-corrected chi connectivity index (χ3v) is 4.79. The number of carboxylic acid groups (broad SMARTS) is 1. The highest BCUT2D eigenvalue weighted by atomic mass is 19.4. The van der Waals surface area contributed by atoms with Crippen molar-refractivity contribution in [1.29, 1.82) is 0 Å². The molecule has 156 valence electrons. The Labute approximate surface area is 160 Å². The molecule has 2 aliphatic rings. The number of aliphatic carboxylic acids is 1. The molecular formula is C18H23F3N2O5. The SMILES string of the molecule is CC(=O)N1CC2(C1)OCCC2CCOCc1ccccn1.O=C(O)C(F)(F)F. The van der Waals surface area contributed by atoms with Gasteiger partial charge in [-0.15, -0.1) is 0 Å². The van der Waals surface area contributed by atoms with Crippen molar-refractivity contribution in [3.63, 3.8) is 0 Å². The lowest BCUT2D eigenvalue weighted by Gasteiger charge is -2.50. The maximum atomic E-state index is 11.3. The van der Waals surface area contributed by atoms with Crippen LogP contribution in [0.4, 0.5) is 13.2 Å². The van der Waals surface area contributed by atoms with Gasteiger partial charge in [-0.05, 0) is 30.9 Å². The molecule has 2 saturated heterocycles. The van der Waals surface area contributed by atoms with Gasteiger partial charge in [-0.1, -0.05) is 6.07 Å². The molecular weight excluding hydrogens is 381 g/mol. The largest absolute Gasteiger partial charge is 0.490 e. The minimum Gasteiger partial charge on any atom is -0.475 e. The van der Waals surface area contributed by atoms with Gasteiger partial charge in [0, 0.05) is 26.3 Å². The van der Waals surface area contributed by atoms with Crippen molar-refractivity contribution in [3.8, 4) is 0 Å². The second-order valence-corrected chi connectivity index (χ2v) is 6.74. The summed E-state index contributed by atoms with van der Waals surface area (Å²) in [6.07, 6.45) is -1.25. The Morgan fingerprint density at radius 2 is 2.07 bits per heavy atom. The molecule has 3 rings (SSSR count). The molecule has 2 fully saturated rings. The molecule has 0 saturated carbocycles. The molecule has 0 aromatic carbocycles. The Balaban J connectivity index is 0.000000345. The maximum Gasteiger partial charge on any atom is 0.490 e. The Bertz CT molecular complexity index is 663. The molecule has 1 unspecified atom stereocenters. The van der Waals surface area contributed by atoms with E-state index in [9.17, 15) is 18.0 Å². The van der Waals surface area contributed by atoms with Crippen LogP contribution in [0.5, 0.6) is 0 Å². The zero-order valence-electron chi connectivity index (χ0n) is 15.4. The standard InChI is InChI=1S/C16H22N2O3.C2HF3O2/c1-13(19)18-11-16(12-18)14(6-9-21-16)5-8-20-10-15-4-2-3-7-17-15;3-2(4,5)1(6)7/h2-4,7,14H,5-6,8-12H2,1H3;(H,6,7). The van der Waals surface area contributed by atoms with Crippen molar-refractivity contribution in [2.45, 2.75) is 38.1 Å². The average Bonchev–Trinajstić information content (AvgIpc) is 3.02. The number of carbonyl (C=O) groups is 2. The molecule has 1 atom stereocenters. The third kappa shape index (κ3) is 5.90. The van der Waals surface area contributed by atoms with Crippen LogP contribution < -0.4 is 0 Å². The van der Waals surface area contributed by atoms with Crippen LogP contribution in [0, 0.1) is 5.92 Å². The first kappa shape index (κ1) is 22.1. The molecule has 1 aromatic heterocycles. The average molecular weight is 404 g/mol. The summed E-state index contributed by atoms with van der Waals surface area (Å²) in [6, 6.07) is 5.84. The Morgan fingerprint density at radius 1 is 1.39 bits per heavy atom. The molecule has 0 bridgehead atoms. The van der Waals surface area contributed by atoms with Crippen molar-refractivity contribution in [1.82, 2.24) is 9.88 Å². The number of aromatic nitrogens is 1.